The summed E-state index contributed by atoms with van der Waals surface area (Å²) in [5, 5.41) is 8.67. The monoisotopic (exact) mass is 247 g/mol. The highest BCUT2D eigenvalue weighted by molar-refractivity contribution is 7.87. The standard InChI is InChI=1S/C10H21N3O2S/c1-5-13(8-10(4)6-11)16(14,15)12-7-9(2)3/h9-10,12H,5,7-8H2,1-4H3. The van der Waals surface area contributed by atoms with Crippen molar-refractivity contribution >= 4 is 10.2 Å². The summed E-state index contributed by atoms with van der Waals surface area (Å²) in [6, 6.07) is 2.03. The number of nitriles is 1. The zero-order chi connectivity index (χ0) is 12.8. The zero-order valence-electron chi connectivity index (χ0n) is 10.4. The van der Waals surface area contributed by atoms with Gasteiger partial charge in [-0.25, -0.2) is 4.72 Å². The first-order valence-corrected chi connectivity index (χ1v) is 6.91. The summed E-state index contributed by atoms with van der Waals surface area (Å²) in [6.07, 6.45) is 0. The summed E-state index contributed by atoms with van der Waals surface area (Å²) < 4.78 is 27.5. The van der Waals surface area contributed by atoms with E-state index in [-0.39, 0.29) is 18.4 Å². The molecule has 6 heteroatoms. The van der Waals surface area contributed by atoms with Crippen LogP contribution in [-0.2, 0) is 10.2 Å². The van der Waals surface area contributed by atoms with Crippen molar-refractivity contribution in [3.63, 3.8) is 0 Å². The Hall–Kier alpha value is -0.640. The second kappa shape index (κ2) is 6.84. The maximum atomic E-state index is 11.8. The fourth-order valence-corrected chi connectivity index (χ4v) is 2.59. The van der Waals surface area contributed by atoms with Crippen LogP contribution >= 0.6 is 0 Å². The molecule has 1 N–H and O–H groups in total. The Balaban J connectivity index is 4.50. The molecule has 0 rings (SSSR count). The van der Waals surface area contributed by atoms with Crippen LogP contribution in [0.25, 0.3) is 0 Å². The normalized spacial score (nSPS) is 14.1. The average molecular weight is 247 g/mol. The molecule has 0 heterocycles. The molecule has 94 valence electrons. The van der Waals surface area contributed by atoms with Crippen molar-refractivity contribution in [2.75, 3.05) is 19.6 Å². The number of nitrogens with one attached hydrogen (secondary N) is 1. The van der Waals surface area contributed by atoms with E-state index < -0.39 is 10.2 Å². The highest BCUT2D eigenvalue weighted by Crippen LogP contribution is 2.04. The molecule has 5 nitrogen and oxygen atoms in total. The minimum Gasteiger partial charge on any atom is -0.202 e. The summed E-state index contributed by atoms with van der Waals surface area (Å²) in [5.74, 6) is -0.0301. The molecular weight excluding hydrogens is 226 g/mol. The molecule has 16 heavy (non-hydrogen) atoms. The molecule has 0 aliphatic rings. The minimum absolute atomic E-state index is 0.237. The van der Waals surface area contributed by atoms with Gasteiger partial charge in [0.1, 0.15) is 0 Å². The first kappa shape index (κ1) is 15.4. The molecule has 0 fully saturated rings. The van der Waals surface area contributed by atoms with Gasteiger partial charge in [-0.15, -0.1) is 0 Å². The van der Waals surface area contributed by atoms with Crippen LogP contribution in [0.1, 0.15) is 27.7 Å². The Morgan fingerprint density at radius 3 is 2.31 bits per heavy atom. The van der Waals surface area contributed by atoms with E-state index in [1.54, 1.807) is 13.8 Å². The second-order valence-corrected chi connectivity index (χ2v) is 5.98. The van der Waals surface area contributed by atoms with Crippen LogP contribution < -0.4 is 4.72 Å². The van der Waals surface area contributed by atoms with Crippen LogP contribution in [0.2, 0.25) is 0 Å². The first-order valence-electron chi connectivity index (χ1n) is 5.47. The van der Waals surface area contributed by atoms with Gasteiger partial charge < -0.3 is 0 Å². The van der Waals surface area contributed by atoms with Crippen LogP contribution in [0.4, 0.5) is 0 Å². The Kier molecular flexibility index (Phi) is 6.56. The molecule has 1 atom stereocenters. The van der Waals surface area contributed by atoms with Gasteiger partial charge in [0.15, 0.2) is 0 Å². The molecule has 0 bridgehead atoms. The number of rotatable bonds is 7. The zero-order valence-corrected chi connectivity index (χ0v) is 11.2. The SMILES string of the molecule is CCN(CC(C)C#N)S(=O)(=O)NCC(C)C. The van der Waals surface area contributed by atoms with Crippen molar-refractivity contribution in [3.05, 3.63) is 0 Å². The van der Waals surface area contributed by atoms with Crippen LogP contribution in [-0.4, -0.2) is 32.4 Å². The first-order chi connectivity index (χ1) is 7.33. The van der Waals surface area contributed by atoms with Crippen LogP contribution in [0.15, 0.2) is 0 Å². The predicted octanol–water partition coefficient (Wildman–Crippen LogP) is 0.958. The van der Waals surface area contributed by atoms with Crippen molar-refractivity contribution in [1.29, 1.82) is 5.26 Å². The van der Waals surface area contributed by atoms with Crippen molar-refractivity contribution in [3.8, 4) is 6.07 Å². The Morgan fingerprint density at radius 2 is 1.94 bits per heavy atom. The van der Waals surface area contributed by atoms with Gasteiger partial charge in [-0.05, 0) is 12.8 Å². The predicted molar refractivity (Wildman–Crippen MR) is 63.8 cm³/mol. The molecule has 0 aromatic rings. The van der Waals surface area contributed by atoms with E-state index in [1.807, 2.05) is 19.9 Å². The van der Waals surface area contributed by atoms with E-state index in [9.17, 15) is 8.42 Å². The quantitative estimate of drug-likeness (QED) is 0.728. The van der Waals surface area contributed by atoms with Gasteiger partial charge in [-0.1, -0.05) is 20.8 Å². The maximum Gasteiger partial charge on any atom is 0.279 e. The summed E-state index contributed by atoms with van der Waals surface area (Å²) in [6.45, 7) is 8.38. The molecule has 0 aliphatic carbocycles. The molecule has 0 radical (unpaired) electrons. The van der Waals surface area contributed by atoms with Gasteiger partial charge in [0, 0.05) is 19.6 Å². The Labute approximate surface area is 98.6 Å². The Morgan fingerprint density at radius 1 is 1.38 bits per heavy atom. The van der Waals surface area contributed by atoms with Gasteiger partial charge in [0.25, 0.3) is 10.2 Å². The molecule has 0 aromatic heterocycles. The van der Waals surface area contributed by atoms with Gasteiger partial charge in [0.2, 0.25) is 0 Å². The van der Waals surface area contributed by atoms with Crippen LogP contribution in [0.5, 0.6) is 0 Å². The average Bonchev–Trinajstić information content (AvgIpc) is 2.22. The lowest BCUT2D eigenvalue weighted by atomic mass is 10.2. The fourth-order valence-electron chi connectivity index (χ4n) is 1.11. The highest BCUT2D eigenvalue weighted by atomic mass is 32.2. The van der Waals surface area contributed by atoms with E-state index in [4.69, 9.17) is 5.26 Å². The van der Waals surface area contributed by atoms with Gasteiger partial charge >= 0.3 is 0 Å². The summed E-state index contributed by atoms with van der Waals surface area (Å²) >= 11 is 0. The summed E-state index contributed by atoms with van der Waals surface area (Å²) in [4.78, 5) is 0. The van der Waals surface area contributed by atoms with Crippen molar-refractivity contribution in [2.24, 2.45) is 11.8 Å². The van der Waals surface area contributed by atoms with Crippen molar-refractivity contribution in [1.82, 2.24) is 9.03 Å². The highest BCUT2D eigenvalue weighted by Gasteiger charge is 2.21. The third kappa shape index (κ3) is 5.45. The molecular formula is C10H21N3O2S. The third-order valence-corrected chi connectivity index (χ3v) is 3.68. The van der Waals surface area contributed by atoms with Crippen molar-refractivity contribution < 1.29 is 8.42 Å². The molecule has 0 saturated carbocycles. The van der Waals surface area contributed by atoms with Gasteiger partial charge in [0.05, 0.1) is 12.0 Å². The molecule has 0 saturated heterocycles. The number of hydrogen-bond donors (Lipinski definition) is 1. The van der Waals surface area contributed by atoms with E-state index in [0.29, 0.717) is 13.1 Å². The molecule has 0 aromatic carbocycles. The van der Waals surface area contributed by atoms with Crippen molar-refractivity contribution in [2.45, 2.75) is 27.7 Å². The fraction of sp³-hybridized carbons (Fsp3) is 0.900. The van der Waals surface area contributed by atoms with Gasteiger partial charge in [-0.3, -0.25) is 0 Å². The maximum absolute atomic E-state index is 11.8. The van der Waals surface area contributed by atoms with E-state index in [1.165, 1.54) is 4.31 Å². The largest absolute Gasteiger partial charge is 0.279 e. The smallest absolute Gasteiger partial charge is 0.202 e. The van der Waals surface area contributed by atoms with E-state index in [2.05, 4.69) is 4.72 Å². The Bertz CT molecular complexity index is 332. The summed E-state index contributed by atoms with van der Waals surface area (Å²) in [5.41, 5.74) is 0. The molecule has 0 aliphatic heterocycles. The van der Waals surface area contributed by atoms with E-state index in [0.717, 1.165) is 0 Å². The van der Waals surface area contributed by atoms with Crippen LogP contribution in [0, 0.1) is 23.2 Å². The van der Waals surface area contributed by atoms with Crippen LogP contribution in [0.3, 0.4) is 0 Å². The second-order valence-electron chi connectivity index (χ2n) is 4.23. The molecule has 0 amide bonds. The lowest BCUT2D eigenvalue weighted by Crippen LogP contribution is -2.43. The van der Waals surface area contributed by atoms with E-state index >= 15 is 0 Å². The third-order valence-electron chi connectivity index (χ3n) is 2.06. The lowest BCUT2D eigenvalue weighted by molar-refractivity contribution is 0.390. The number of hydrogen-bond acceptors (Lipinski definition) is 3. The molecule has 1 unspecified atom stereocenters. The molecule has 0 spiro atoms. The van der Waals surface area contributed by atoms with Gasteiger partial charge in [-0.2, -0.15) is 18.0 Å². The topological polar surface area (TPSA) is 73.2 Å². The number of nitrogens with zero attached hydrogens (tertiary/aromatic N) is 2. The lowest BCUT2D eigenvalue weighted by Gasteiger charge is -2.22. The summed E-state index contributed by atoms with van der Waals surface area (Å²) in [7, 11) is -3.44. The minimum atomic E-state index is -3.44.